The molecule has 1 aromatic carbocycles. The van der Waals surface area contributed by atoms with Gasteiger partial charge in [0.2, 0.25) is 5.91 Å². The van der Waals surface area contributed by atoms with Gasteiger partial charge in [-0.15, -0.1) is 13.2 Å². The van der Waals surface area contributed by atoms with Crippen molar-refractivity contribution in [3.8, 4) is 5.75 Å². The maximum absolute atomic E-state index is 12.6. The van der Waals surface area contributed by atoms with E-state index in [9.17, 15) is 22.8 Å². The average Bonchev–Trinajstić information content (AvgIpc) is 3.33. The number of morpholine rings is 1. The monoisotopic (exact) mass is 373 g/mol. The van der Waals surface area contributed by atoms with Crippen LogP contribution in [0.3, 0.4) is 0 Å². The van der Waals surface area contributed by atoms with Crippen LogP contribution in [0.5, 0.6) is 5.75 Å². The molecular formula is C17H18F3NO5. The van der Waals surface area contributed by atoms with Gasteiger partial charge in [0.15, 0.2) is 0 Å². The number of hydrogen-bond acceptors (Lipinski definition) is 4. The van der Waals surface area contributed by atoms with Gasteiger partial charge in [0.05, 0.1) is 19.1 Å². The maximum Gasteiger partial charge on any atom is 0.573 e. The van der Waals surface area contributed by atoms with Gasteiger partial charge in [0.25, 0.3) is 0 Å². The zero-order valence-electron chi connectivity index (χ0n) is 13.7. The number of amides is 1. The number of carboxylic acid groups (broad SMARTS) is 1. The largest absolute Gasteiger partial charge is 0.573 e. The molecule has 9 heteroatoms. The van der Waals surface area contributed by atoms with Crippen LogP contribution in [-0.2, 0) is 14.3 Å². The van der Waals surface area contributed by atoms with Crippen molar-refractivity contribution >= 4 is 11.9 Å². The third-order valence-electron chi connectivity index (χ3n) is 4.50. The summed E-state index contributed by atoms with van der Waals surface area (Å²) in [4.78, 5) is 25.0. The van der Waals surface area contributed by atoms with Crippen LogP contribution in [0.2, 0.25) is 0 Å². The first-order valence-electron chi connectivity index (χ1n) is 8.21. The fraction of sp³-hybridized carbons (Fsp3) is 0.529. The fourth-order valence-corrected chi connectivity index (χ4v) is 3.29. The summed E-state index contributed by atoms with van der Waals surface area (Å²) in [5.41, 5.74) is 0.360. The number of carboxylic acids is 1. The second-order valence-electron chi connectivity index (χ2n) is 6.41. The highest BCUT2D eigenvalue weighted by molar-refractivity contribution is 5.83. The van der Waals surface area contributed by atoms with E-state index in [2.05, 4.69) is 4.74 Å². The van der Waals surface area contributed by atoms with E-state index in [0.717, 1.165) is 0 Å². The third kappa shape index (κ3) is 4.46. The number of aliphatic carboxylic acids is 1. The molecule has 6 nitrogen and oxygen atoms in total. The van der Waals surface area contributed by atoms with Gasteiger partial charge in [-0.05, 0) is 24.0 Å². The molecule has 3 rings (SSSR count). The summed E-state index contributed by atoms with van der Waals surface area (Å²) >= 11 is 0. The molecule has 3 atom stereocenters. The molecule has 1 heterocycles. The van der Waals surface area contributed by atoms with Gasteiger partial charge in [-0.25, -0.2) is 0 Å². The molecule has 0 radical (unpaired) electrons. The van der Waals surface area contributed by atoms with Crippen molar-refractivity contribution in [2.24, 2.45) is 5.92 Å². The van der Waals surface area contributed by atoms with Gasteiger partial charge in [-0.2, -0.15) is 0 Å². The molecule has 1 N–H and O–H groups in total. The van der Waals surface area contributed by atoms with Crippen molar-refractivity contribution in [1.29, 1.82) is 0 Å². The Morgan fingerprint density at radius 2 is 2.04 bits per heavy atom. The molecule has 1 saturated carbocycles. The Kier molecular flexibility index (Phi) is 5.08. The van der Waals surface area contributed by atoms with E-state index in [0.29, 0.717) is 18.5 Å². The summed E-state index contributed by atoms with van der Waals surface area (Å²) in [5.74, 6) is -2.23. The van der Waals surface area contributed by atoms with Crippen LogP contribution < -0.4 is 4.74 Å². The molecule has 1 aromatic rings. The molecule has 1 aliphatic heterocycles. The summed E-state index contributed by atoms with van der Waals surface area (Å²) in [7, 11) is 0. The smallest absolute Gasteiger partial charge is 0.481 e. The van der Waals surface area contributed by atoms with E-state index < -0.39 is 24.4 Å². The third-order valence-corrected chi connectivity index (χ3v) is 4.50. The number of alkyl halides is 3. The molecule has 0 spiro atoms. The number of nitrogens with zero attached hydrogens (tertiary/aromatic N) is 1. The zero-order valence-corrected chi connectivity index (χ0v) is 13.7. The summed E-state index contributed by atoms with van der Waals surface area (Å²) in [5, 5.41) is 8.84. The van der Waals surface area contributed by atoms with E-state index in [1.165, 1.54) is 23.1 Å². The lowest BCUT2D eigenvalue weighted by molar-refractivity contribution is -0.274. The molecule has 2 aliphatic rings. The minimum atomic E-state index is -4.79. The molecule has 0 unspecified atom stereocenters. The Hall–Kier alpha value is -2.29. The van der Waals surface area contributed by atoms with Crippen LogP contribution in [0.25, 0.3) is 0 Å². The van der Waals surface area contributed by atoms with Crippen LogP contribution in [0.15, 0.2) is 24.3 Å². The van der Waals surface area contributed by atoms with E-state index in [-0.39, 0.29) is 37.1 Å². The van der Waals surface area contributed by atoms with Crippen LogP contribution in [-0.4, -0.2) is 54.0 Å². The molecule has 0 aromatic heterocycles. The lowest BCUT2D eigenvalue weighted by Crippen LogP contribution is -2.47. The highest BCUT2D eigenvalue weighted by Crippen LogP contribution is 2.51. The van der Waals surface area contributed by atoms with Crippen molar-refractivity contribution in [1.82, 2.24) is 4.90 Å². The zero-order chi connectivity index (χ0) is 18.9. The number of rotatable bonds is 5. The van der Waals surface area contributed by atoms with Crippen LogP contribution >= 0.6 is 0 Å². The van der Waals surface area contributed by atoms with Gasteiger partial charge in [0, 0.05) is 19.0 Å². The summed E-state index contributed by atoms with van der Waals surface area (Å²) < 4.78 is 47.0. The molecule has 26 heavy (non-hydrogen) atoms. The summed E-state index contributed by atoms with van der Waals surface area (Å²) in [6.07, 6.45) is -5.11. The Balaban J connectivity index is 1.65. The number of benzene rings is 1. The predicted octanol–water partition coefficient (Wildman–Crippen LogP) is 2.39. The summed E-state index contributed by atoms with van der Waals surface area (Å²) in [6.45, 7) is 0.767. The molecule has 0 bridgehead atoms. The van der Waals surface area contributed by atoms with E-state index in [4.69, 9.17) is 9.84 Å². The van der Waals surface area contributed by atoms with Crippen molar-refractivity contribution in [2.45, 2.75) is 31.2 Å². The first kappa shape index (κ1) is 18.5. The lowest BCUT2D eigenvalue weighted by atomic mass is 10.1. The number of ether oxygens (including phenoxy) is 2. The standard InChI is InChI=1S/C17H18F3NO5/c18-17(19,20)26-14-4-2-1-3-11(14)12-8-13(12)16(24)21-5-6-25-10(9-21)7-15(22)23/h1-4,10,12-13H,5-9H2,(H,22,23)/t10-,12-,13-/m1/s1. The maximum atomic E-state index is 12.6. The minimum absolute atomic E-state index is 0.176. The number of hydrogen-bond donors (Lipinski definition) is 1. The molecule has 142 valence electrons. The topological polar surface area (TPSA) is 76.1 Å². The Bertz CT molecular complexity index is 693. The first-order valence-corrected chi connectivity index (χ1v) is 8.21. The number of halogens is 3. The number of para-hydroxylation sites is 1. The highest BCUT2D eigenvalue weighted by Gasteiger charge is 2.48. The van der Waals surface area contributed by atoms with Crippen molar-refractivity contribution in [3.05, 3.63) is 29.8 Å². The Morgan fingerprint density at radius 1 is 1.31 bits per heavy atom. The Morgan fingerprint density at radius 3 is 2.73 bits per heavy atom. The number of carbonyl (C=O) groups excluding carboxylic acids is 1. The normalized spacial score (nSPS) is 25.7. The molecule has 1 aliphatic carbocycles. The van der Waals surface area contributed by atoms with E-state index >= 15 is 0 Å². The Labute approximate surface area is 147 Å². The molecular weight excluding hydrogens is 355 g/mol. The van der Waals surface area contributed by atoms with Crippen LogP contribution in [0.1, 0.15) is 24.3 Å². The van der Waals surface area contributed by atoms with Gasteiger partial charge in [0.1, 0.15) is 5.75 Å². The van der Waals surface area contributed by atoms with E-state index in [1.807, 2.05) is 0 Å². The lowest BCUT2D eigenvalue weighted by Gasteiger charge is -2.32. The molecule has 2 fully saturated rings. The van der Waals surface area contributed by atoms with Crippen molar-refractivity contribution in [3.63, 3.8) is 0 Å². The van der Waals surface area contributed by atoms with Gasteiger partial charge in [-0.1, -0.05) is 18.2 Å². The van der Waals surface area contributed by atoms with Crippen LogP contribution in [0.4, 0.5) is 13.2 Å². The van der Waals surface area contributed by atoms with Gasteiger partial charge < -0.3 is 19.5 Å². The molecule has 1 saturated heterocycles. The second-order valence-corrected chi connectivity index (χ2v) is 6.41. The SMILES string of the molecule is O=C(O)C[C@@H]1CN(C(=O)[C@@H]2C[C@@H]2c2ccccc2OC(F)(F)F)CCO1. The number of carbonyl (C=O) groups is 2. The summed E-state index contributed by atoms with van der Waals surface area (Å²) in [6, 6.07) is 5.82. The van der Waals surface area contributed by atoms with Crippen LogP contribution in [0, 0.1) is 5.92 Å². The predicted molar refractivity (Wildman–Crippen MR) is 82.5 cm³/mol. The quantitative estimate of drug-likeness (QED) is 0.858. The van der Waals surface area contributed by atoms with Crippen molar-refractivity contribution < 1.29 is 37.3 Å². The second kappa shape index (κ2) is 7.14. The van der Waals surface area contributed by atoms with E-state index in [1.54, 1.807) is 6.07 Å². The average molecular weight is 373 g/mol. The highest BCUT2D eigenvalue weighted by atomic mass is 19.4. The first-order chi connectivity index (χ1) is 12.2. The fourth-order valence-electron chi connectivity index (χ4n) is 3.29. The van der Waals surface area contributed by atoms with Gasteiger partial charge in [-0.3, -0.25) is 9.59 Å². The minimum Gasteiger partial charge on any atom is -0.481 e. The molecule has 1 amide bonds. The van der Waals surface area contributed by atoms with Crippen molar-refractivity contribution in [2.75, 3.05) is 19.7 Å². The van der Waals surface area contributed by atoms with Gasteiger partial charge >= 0.3 is 12.3 Å².